The highest BCUT2D eigenvalue weighted by atomic mass is 19.1. The average Bonchev–Trinajstić information content (AvgIpc) is 3.34. The van der Waals surface area contributed by atoms with Gasteiger partial charge in [0.15, 0.2) is 11.6 Å². The van der Waals surface area contributed by atoms with Crippen molar-refractivity contribution in [3.63, 3.8) is 0 Å². The lowest BCUT2D eigenvalue weighted by molar-refractivity contribution is 0.0762. The Balaban J connectivity index is 1.85. The summed E-state index contributed by atoms with van der Waals surface area (Å²) in [5.41, 5.74) is 6.27. The first-order valence-electron chi connectivity index (χ1n) is 13.9. The summed E-state index contributed by atoms with van der Waals surface area (Å²) in [7, 11) is 0. The molecule has 1 saturated heterocycles. The number of nitrogens with zero attached hydrogens (tertiary/aromatic N) is 5. The van der Waals surface area contributed by atoms with Gasteiger partial charge in [-0.2, -0.15) is 5.10 Å². The molecule has 1 fully saturated rings. The minimum absolute atomic E-state index is 0.0306. The van der Waals surface area contributed by atoms with Crippen molar-refractivity contribution in [3.05, 3.63) is 71.6 Å². The summed E-state index contributed by atoms with van der Waals surface area (Å²) in [6.07, 6.45) is 3.15. The highest BCUT2D eigenvalue weighted by molar-refractivity contribution is 5.75. The van der Waals surface area contributed by atoms with Crippen LogP contribution in [0.3, 0.4) is 0 Å². The van der Waals surface area contributed by atoms with Crippen molar-refractivity contribution < 1.29 is 18.0 Å². The smallest absolute Gasteiger partial charge is 0.320 e. The Morgan fingerprint density at radius 3 is 2.42 bits per heavy atom. The topological polar surface area (TPSA) is 80.3 Å². The molecule has 3 aromatic rings. The van der Waals surface area contributed by atoms with Crippen molar-refractivity contribution in [3.8, 4) is 11.4 Å². The van der Waals surface area contributed by atoms with E-state index in [-0.39, 0.29) is 30.4 Å². The number of piperidine rings is 1. The Bertz CT molecular complexity index is 1270. The van der Waals surface area contributed by atoms with Crippen LogP contribution in [0.2, 0.25) is 0 Å². The second-order valence-electron chi connectivity index (χ2n) is 11.6. The van der Waals surface area contributed by atoms with Crippen molar-refractivity contribution >= 4 is 6.03 Å². The van der Waals surface area contributed by atoms with Gasteiger partial charge in [0.2, 0.25) is 0 Å². The number of carbonyl (C=O) groups excluding carboxylic acids is 1. The molecule has 2 aromatic carbocycles. The van der Waals surface area contributed by atoms with Gasteiger partial charge in [-0.05, 0) is 54.9 Å². The molecule has 0 radical (unpaired) electrons. The second kappa shape index (κ2) is 12.8. The maximum Gasteiger partial charge on any atom is 0.320 e. The number of carbonyl (C=O) groups is 1. The van der Waals surface area contributed by atoms with E-state index < -0.39 is 35.8 Å². The van der Waals surface area contributed by atoms with Gasteiger partial charge in [-0.1, -0.05) is 51.1 Å². The lowest BCUT2D eigenvalue weighted by Crippen LogP contribution is -2.51. The van der Waals surface area contributed by atoms with Crippen LogP contribution in [0, 0.1) is 17.0 Å². The van der Waals surface area contributed by atoms with E-state index in [0.717, 1.165) is 43.0 Å². The van der Waals surface area contributed by atoms with E-state index >= 15 is 0 Å². The fourth-order valence-electron chi connectivity index (χ4n) is 5.19. The lowest BCUT2D eigenvalue weighted by Gasteiger charge is -2.42. The molecule has 2 heterocycles. The van der Waals surface area contributed by atoms with Gasteiger partial charge in [0.05, 0.1) is 18.2 Å². The van der Waals surface area contributed by atoms with Gasteiger partial charge in [0.1, 0.15) is 18.3 Å². The summed E-state index contributed by atoms with van der Waals surface area (Å²) in [6, 6.07) is 11.3. The average molecular weight is 557 g/mol. The summed E-state index contributed by atoms with van der Waals surface area (Å²) in [6.45, 7) is 7.08. The standard InChI is InChI=1S/C30H39F3N6O/c1-30(2,3)26(38(17-14-23(34)19-31)29(40)37-15-8-5-9-16-37)28-35-27(24-18-22(32)12-13-25(24)33)36-39(28)20-21-10-6-4-7-11-21/h4,6-7,10-13,18,23,26H,5,8-9,14-17,19-20,34H2,1-3H3/t23-,26?/m0/s1. The number of amides is 2. The monoisotopic (exact) mass is 556 g/mol. The maximum absolute atomic E-state index is 14.9. The molecule has 0 aliphatic carbocycles. The van der Waals surface area contributed by atoms with Crippen LogP contribution in [0.4, 0.5) is 18.0 Å². The summed E-state index contributed by atoms with van der Waals surface area (Å²) in [5, 5.41) is 4.64. The molecule has 1 aliphatic rings. The van der Waals surface area contributed by atoms with Crippen LogP contribution in [0.5, 0.6) is 0 Å². The molecule has 2 N–H and O–H groups in total. The van der Waals surface area contributed by atoms with Crippen molar-refractivity contribution in [2.75, 3.05) is 26.3 Å². The number of urea groups is 1. The van der Waals surface area contributed by atoms with Gasteiger partial charge >= 0.3 is 6.03 Å². The lowest BCUT2D eigenvalue weighted by atomic mass is 9.84. The van der Waals surface area contributed by atoms with Gasteiger partial charge in [-0.3, -0.25) is 0 Å². The third-order valence-electron chi connectivity index (χ3n) is 7.23. The van der Waals surface area contributed by atoms with Gasteiger partial charge in [-0.15, -0.1) is 0 Å². The van der Waals surface area contributed by atoms with E-state index in [1.54, 1.807) is 9.58 Å². The molecule has 0 saturated carbocycles. The van der Waals surface area contributed by atoms with E-state index in [2.05, 4.69) is 5.10 Å². The first-order chi connectivity index (χ1) is 19.1. The van der Waals surface area contributed by atoms with Crippen LogP contribution in [-0.2, 0) is 6.54 Å². The predicted molar refractivity (Wildman–Crippen MR) is 149 cm³/mol. The van der Waals surface area contributed by atoms with Crippen LogP contribution < -0.4 is 5.73 Å². The highest BCUT2D eigenvalue weighted by Gasteiger charge is 2.40. The molecule has 2 amide bonds. The van der Waals surface area contributed by atoms with Gasteiger partial charge in [0, 0.05) is 25.7 Å². The molecule has 1 unspecified atom stereocenters. The number of hydrogen-bond donors (Lipinski definition) is 1. The molecular weight excluding hydrogens is 517 g/mol. The summed E-state index contributed by atoms with van der Waals surface area (Å²) in [4.78, 5) is 22.4. The van der Waals surface area contributed by atoms with Crippen LogP contribution in [0.1, 0.15) is 63.9 Å². The van der Waals surface area contributed by atoms with E-state index in [1.165, 1.54) is 0 Å². The van der Waals surface area contributed by atoms with Crippen LogP contribution in [-0.4, -0.2) is 62.9 Å². The van der Waals surface area contributed by atoms with Crippen molar-refractivity contribution in [2.45, 2.75) is 65.1 Å². The molecule has 0 bridgehead atoms. The molecule has 2 atom stereocenters. The number of halogens is 3. The number of benzene rings is 2. The molecule has 1 aromatic heterocycles. The zero-order valence-electron chi connectivity index (χ0n) is 23.5. The van der Waals surface area contributed by atoms with E-state index in [4.69, 9.17) is 10.7 Å². The number of likely N-dealkylation sites (tertiary alicyclic amines) is 1. The number of nitrogens with two attached hydrogens (primary N) is 1. The molecule has 0 spiro atoms. The first kappa shape index (κ1) is 29.6. The van der Waals surface area contributed by atoms with Crippen molar-refractivity contribution in [1.29, 1.82) is 0 Å². The number of aromatic nitrogens is 3. The zero-order valence-corrected chi connectivity index (χ0v) is 23.5. The van der Waals surface area contributed by atoms with E-state index in [1.807, 2.05) is 56.0 Å². The highest BCUT2D eigenvalue weighted by Crippen LogP contribution is 2.39. The van der Waals surface area contributed by atoms with Gasteiger partial charge in [-0.25, -0.2) is 27.6 Å². The minimum atomic E-state index is -0.712. The van der Waals surface area contributed by atoms with Gasteiger partial charge < -0.3 is 15.5 Å². The van der Waals surface area contributed by atoms with Crippen LogP contribution in [0.25, 0.3) is 11.4 Å². The maximum atomic E-state index is 14.9. The third kappa shape index (κ3) is 7.02. The van der Waals surface area contributed by atoms with E-state index in [9.17, 15) is 18.0 Å². The van der Waals surface area contributed by atoms with E-state index in [0.29, 0.717) is 25.5 Å². The SMILES string of the molecule is CC(C)(C)C(c1nc(-c2cc(F)ccc2F)nn1Cc1ccccc1)N(CC[C@H](N)CF)C(=O)N1CCCCC1. The Labute approximate surface area is 234 Å². The Morgan fingerprint density at radius 1 is 1.07 bits per heavy atom. The molecule has 10 heteroatoms. The quantitative estimate of drug-likeness (QED) is 0.353. The zero-order chi connectivity index (χ0) is 28.9. The molecule has 4 rings (SSSR count). The van der Waals surface area contributed by atoms with Crippen LogP contribution in [0.15, 0.2) is 48.5 Å². The van der Waals surface area contributed by atoms with Crippen molar-refractivity contribution in [1.82, 2.24) is 24.6 Å². The third-order valence-corrected chi connectivity index (χ3v) is 7.23. The summed E-state index contributed by atoms with van der Waals surface area (Å²) < 4.78 is 44.1. The van der Waals surface area contributed by atoms with Crippen LogP contribution >= 0.6 is 0 Å². The number of rotatable bonds is 9. The Morgan fingerprint density at radius 2 is 1.77 bits per heavy atom. The predicted octanol–water partition coefficient (Wildman–Crippen LogP) is 5.95. The fourth-order valence-corrected chi connectivity index (χ4v) is 5.19. The van der Waals surface area contributed by atoms with Gasteiger partial charge in [0.25, 0.3) is 0 Å². The molecule has 7 nitrogen and oxygen atoms in total. The number of hydrogen-bond acceptors (Lipinski definition) is 4. The molecular formula is C30H39F3N6O. The summed E-state index contributed by atoms with van der Waals surface area (Å²) >= 11 is 0. The largest absolute Gasteiger partial charge is 0.325 e. The molecule has 216 valence electrons. The normalized spacial score (nSPS) is 15.6. The van der Waals surface area contributed by atoms with Crippen molar-refractivity contribution in [2.24, 2.45) is 11.1 Å². The first-order valence-corrected chi connectivity index (χ1v) is 13.9. The fraction of sp³-hybridized carbons (Fsp3) is 0.500. The molecule has 40 heavy (non-hydrogen) atoms. The number of alkyl halides is 1. The summed E-state index contributed by atoms with van der Waals surface area (Å²) in [5.74, 6) is -0.781. The minimum Gasteiger partial charge on any atom is -0.325 e. The Kier molecular flexibility index (Phi) is 9.50. The molecule has 1 aliphatic heterocycles. The second-order valence-corrected chi connectivity index (χ2v) is 11.6. The Hall–Kier alpha value is -3.40.